The van der Waals surface area contributed by atoms with Crippen LogP contribution in [0.5, 0.6) is 0 Å². The number of aromatic amines is 1. The van der Waals surface area contributed by atoms with Crippen molar-refractivity contribution in [2.45, 2.75) is 45.1 Å². The smallest absolute Gasteiger partial charge is 0.262 e. The van der Waals surface area contributed by atoms with Gasteiger partial charge in [0.2, 0.25) is 11.6 Å². The maximum absolute atomic E-state index is 13.1. The van der Waals surface area contributed by atoms with Gasteiger partial charge in [-0.1, -0.05) is 37.3 Å². The summed E-state index contributed by atoms with van der Waals surface area (Å²) in [5.41, 5.74) is 1.00. The molecule has 1 unspecified atom stereocenters. The molecule has 8 nitrogen and oxygen atoms in total. The summed E-state index contributed by atoms with van der Waals surface area (Å²) in [6.45, 7) is 4.84. The molecule has 1 aromatic carbocycles. The average molecular weight is 422 g/mol. The van der Waals surface area contributed by atoms with E-state index >= 15 is 0 Å². The molecular formula is C23H26N4O4. The number of carbonyl (C=O) groups is 2. The molecule has 4 rings (SSSR count). The number of nitrogens with one attached hydrogen (secondary N) is 2. The van der Waals surface area contributed by atoms with Gasteiger partial charge < -0.3 is 19.6 Å². The van der Waals surface area contributed by atoms with Gasteiger partial charge in [0, 0.05) is 19.1 Å². The SMILES string of the molecule is CCC(C(=O)N1CCC(NC(=O)c2c(C)oc3nc[nH]c(=O)c23)CC1)c1ccccc1. The van der Waals surface area contributed by atoms with Crippen molar-refractivity contribution in [3.05, 3.63) is 63.9 Å². The zero-order valence-electron chi connectivity index (χ0n) is 17.7. The average Bonchev–Trinajstić information content (AvgIpc) is 3.13. The number of likely N-dealkylation sites (tertiary alicyclic amines) is 1. The second kappa shape index (κ2) is 8.75. The van der Waals surface area contributed by atoms with E-state index in [0.29, 0.717) is 31.7 Å². The molecule has 1 aliphatic rings. The highest BCUT2D eigenvalue weighted by Crippen LogP contribution is 2.25. The fraction of sp³-hybridized carbons (Fsp3) is 0.391. The Kier molecular flexibility index (Phi) is 5.88. The zero-order valence-corrected chi connectivity index (χ0v) is 17.7. The maximum atomic E-state index is 13.1. The van der Waals surface area contributed by atoms with Gasteiger partial charge in [-0.2, -0.15) is 0 Å². The molecule has 0 spiro atoms. The first kappa shape index (κ1) is 20.8. The van der Waals surface area contributed by atoms with Crippen LogP contribution in [0.2, 0.25) is 0 Å². The zero-order chi connectivity index (χ0) is 22.0. The van der Waals surface area contributed by atoms with Gasteiger partial charge in [0.1, 0.15) is 11.1 Å². The molecular weight excluding hydrogens is 396 g/mol. The monoisotopic (exact) mass is 422 g/mol. The minimum Gasteiger partial charge on any atom is -0.442 e. The van der Waals surface area contributed by atoms with E-state index < -0.39 is 5.56 Å². The van der Waals surface area contributed by atoms with Crippen molar-refractivity contribution in [1.82, 2.24) is 20.2 Å². The summed E-state index contributed by atoms with van der Waals surface area (Å²) >= 11 is 0. The van der Waals surface area contributed by atoms with E-state index in [9.17, 15) is 14.4 Å². The third-order valence-corrected chi connectivity index (χ3v) is 5.95. The lowest BCUT2D eigenvalue weighted by Crippen LogP contribution is -2.47. The summed E-state index contributed by atoms with van der Waals surface area (Å²) < 4.78 is 5.47. The number of rotatable bonds is 5. The van der Waals surface area contributed by atoms with E-state index in [1.807, 2.05) is 42.2 Å². The number of amides is 2. The second-order valence-corrected chi connectivity index (χ2v) is 7.89. The van der Waals surface area contributed by atoms with Crippen LogP contribution in [0.3, 0.4) is 0 Å². The Bertz CT molecular complexity index is 1140. The lowest BCUT2D eigenvalue weighted by atomic mass is 9.93. The van der Waals surface area contributed by atoms with E-state index in [1.165, 1.54) is 6.33 Å². The minimum atomic E-state index is -0.404. The van der Waals surface area contributed by atoms with E-state index in [4.69, 9.17) is 4.42 Å². The fourth-order valence-corrected chi connectivity index (χ4v) is 4.29. The molecule has 2 aromatic heterocycles. The molecule has 1 aliphatic heterocycles. The molecule has 0 radical (unpaired) electrons. The number of aryl methyl sites for hydroxylation is 1. The van der Waals surface area contributed by atoms with Crippen LogP contribution >= 0.6 is 0 Å². The Hall–Kier alpha value is -3.42. The predicted molar refractivity (Wildman–Crippen MR) is 116 cm³/mol. The quantitative estimate of drug-likeness (QED) is 0.657. The van der Waals surface area contributed by atoms with Gasteiger partial charge in [-0.3, -0.25) is 14.4 Å². The second-order valence-electron chi connectivity index (χ2n) is 7.89. The molecule has 1 saturated heterocycles. The molecule has 162 valence electrons. The van der Waals surface area contributed by atoms with Crippen LogP contribution in [0.1, 0.15) is 53.8 Å². The summed E-state index contributed by atoms with van der Waals surface area (Å²) in [5.74, 6) is -0.00696. The lowest BCUT2D eigenvalue weighted by Gasteiger charge is -2.34. The molecule has 1 fully saturated rings. The molecule has 2 N–H and O–H groups in total. The molecule has 0 saturated carbocycles. The Labute approximate surface area is 179 Å². The topological polar surface area (TPSA) is 108 Å². The van der Waals surface area contributed by atoms with Crippen molar-refractivity contribution in [3.8, 4) is 0 Å². The number of benzene rings is 1. The van der Waals surface area contributed by atoms with Crippen molar-refractivity contribution in [1.29, 1.82) is 0 Å². The molecule has 8 heteroatoms. The van der Waals surface area contributed by atoms with E-state index in [1.54, 1.807) is 6.92 Å². The van der Waals surface area contributed by atoms with Crippen LogP contribution in [0.4, 0.5) is 0 Å². The number of hydrogen-bond donors (Lipinski definition) is 2. The van der Waals surface area contributed by atoms with Crippen LogP contribution in [-0.4, -0.2) is 45.8 Å². The number of nitrogens with zero attached hydrogens (tertiary/aromatic N) is 2. The Morgan fingerprint density at radius 3 is 2.65 bits per heavy atom. The first-order valence-corrected chi connectivity index (χ1v) is 10.6. The number of furan rings is 1. The van der Waals surface area contributed by atoms with Gasteiger partial charge in [0.15, 0.2) is 0 Å². The number of piperidine rings is 1. The lowest BCUT2D eigenvalue weighted by molar-refractivity contribution is -0.134. The van der Waals surface area contributed by atoms with E-state index in [0.717, 1.165) is 12.0 Å². The van der Waals surface area contributed by atoms with E-state index in [2.05, 4.69) is 15.3 Å². The molecule has 3 aromatic rings. The highest BCUT2D eigenvalue weighted by atomic mass is 16.3. The van der Waals surface area contributed by atoms with Gasteiger partial charge in [0.05, 0.1) is 17.8 Å². The Balaban J connectivity index is 1.41. The van der Waals surface area contributed by atoms with E-state index in [-0.39, 0.29) is 40.4 Å². The number of aromatic nitrogens is 2. The summed E-state index contributed by atoms with van der Waals surface area (Å²) in [5, 5.41) is 3.16. The van der Waals surface area contributed by atoms with Crippen LogP contribution in [-0.2, 0) is 4.79 Å². The normalized spacial score (nSPS) is 15.7. The highest BCUT2D eigenvalue weighted by Gasteiger charge is 2.30. The summed E-state index contributed by atoms with van der Waals surface area (Å²) in [7, 11) is 0. The van der Waals surface area contributed by atoms with Crippen LogP contribution in [0.25, 0.3) is 11.1 Å². The Morgan fingerprint density at radius 2 is 1.97 bits per heavy atom. The summed E-state index contributed by atoms with van der Waals surface area (Å²) in [6.07, 6.45) is 3.31. The minimum absolute atomic E-state index is 0.0755. The number of hydrogen-bond acceptors (Lipinski definition) is 5. The summed E-state index contributed by atoms with van der Waals surface area (Å²) in [6, 6.07) is 9.77. The first-order valence-electron chi connectivity index (χ1n) is 10.6. The number of carbonyl (C=O) groups excluding carboxylic acids is 2. The third kappa shape index (κ3) is 4.10. The first-order chi connectivity index (χ1) is 15.0. The van der Waals surface area contributed by atoms with Crippen LogP contribution < -0.4 is 10.9 Å². The molecule has 1 atom stereocenters. The van der Waals surface area contributed by atoms with Crippen molar-refractivity contribution >= 4 is 22.9 Å². The third-order valence-electron chi connectivity index (χ3n) is 5.95. The largest absolute Gasteiger partial charge is 0.442 e. The molecule has 0 bridgehead atoms. The van der Waals surface area contributed by atoms with Crippen LogP contribution in [0, 0.1) is 6.92 Å². The van der Waals surface area contributed by atoms with Crippen molar-refractivity contribution < 1.29 is 14.0 Å². The molecule has 3 heterocycles. The van der Waals surface area contributed by atoms with Gasteiger partial charge in [-0.25, -0.2) is 4.98 Å². The maximum Gasteiger partial charge on any atom is 0.262 e. The summed E-state index contributed by atoms with van der Waals surface area (Å²) in [4.78, 5) is 46.5. The van der Waals surface area contributed by atoms with Crippen molar-refractivity contribution in [2.24, 2.45) is 0 Å². The predicted octanol–water partition coefficient (Wildman–Crippen LogP) is 2.74. The van der Waals surface area contributed by atoms with Gasteiger partial charge >= 0.3 is 0 Å². The van der Waals surface area contributed by atoms with Crippen LogP contribution in [0.15, 0.2) is 45.9 Å². The molecule has 2 amide bonds. The fourth-order valence-electron chi connectivity index (χ4n) is 4.29. The van der Waals surface area contributed by atoms with Gasteiger partial charge in [-0.15, -0.1) is 0 Å². The standard InChI is InChI=1S/C23H26N4O4/c1-3-17(15-7-5-4-6-8-15)23(30)27-11-9-16(10-12-27)26-21(29)18-14(2)31-22-19(18)20(28)24-13-25-22/h4-8,13,16-17H,3,9-12H2,1-2H3,(H,26,29)(H,24,25,28). The number of fused-ring (bicyclic) bond motifs is 1. The Morgan fingerprint density at radius 1 is 1.26 bits per heavy atom. The molecule has 31 heavy (non-hydrogen) atoms. The van der Waals surface area contributed by atoms with Crippen molar-refractivity contribution in [2.75, 3.05) is 13.1 Å². The highest BCUT2D eigenvalue weighted by molar-refractivity contribution is 6.06. The molecule has 0 aliphatic carbocycles. The van der Waals surface area contributed by atoms with Crippen molar-refractivity contribution in [3.63, 3.8) is 0 Å². The van der Waals surface area contributed by atoms with Gasteiger partial charge in [0.25, 0.3) is 11.5 Å². The number of H-pyrrole nitrogens is 1. The van der Waals surface area contributed by atoms with Gasteiger partial charge in [-0.05, 0) is 31.7 Å².